The molecule has 0 fully saturated rings. The van der Waals surface area contributed by atoms with Gasteiger partial charge in [0.1, 0.15) is 0 Å². The predicted octanol–water partition coefficient (Wildman–Crippen LogP) is 8.63. The zero-order chi connectivity index (χ0) is 27.3. The second-order valence-electron chi connectivity index (χ2n) is 12.8. The van der Waals surface area contributed by atoms with E-state index in [1.165, 1.54) is 72.0 Å². The number of benzene rings is 5. The van der Waals surface area contributed by atoms with E-state index in [2.05, 4.69) is 147 Å². The molecule has 0 radical (unpaired) electrons. The van der Waals surface area contributed by atoms with Crippen LogP contribution in [0.2, 0.25) is 0 Å². The third-order valence-electron chi connectivity index (χ3n) is 9.07. The molecule has 0 bridgehead atoms. The summed E-state index contributed by atoms with van der Waals surface area (Å²) in [5, 5.41) is 2.71. The SMILES string of the molecule is CC(C)c1cc2c3c(c1)c1ccccc1n3B1c3ccccc3N(c3ccccc3)c3cc(C(C)(C)C)cc-2c31. The van der Waals surface area contributed by atoms with E-state index in [9.17, 15) is 0 Å². The minimum Gasteiger partial charge on any atom is -0.375 e. The van der Waals surface area contributed by atoms with E-state index < -0.39 is 0 Å². The van der Waals surface area contributed by atoms with Gasteiger partial charge in [-0.3, -0.25) is 0 Å². The second-order valence-corrected chi connectivity index (χ2v) is 12.8. The van der Waals surface area contributed by atoms with Crippen LogP contribution in [0, 0.1) is 0 Å². The molecule has 0 atom stereocenters. The minimum atomic E-state index is 0.0132. The summed E-state index contributed by atoms with van der Waals surface area (Å²) in [6.07, 6.45) is 0. The van der Waals surface area contributed by atoms with Crippen LogP contribution in [0.3, 0.4) is 0 Å². The molecule has 0 N–H and O–H groups in total. The van der Waals surface area contributed by atoms with Gasteiger partial charge in [0.05, 0.1) is 0 Å². The zero-order valence-corrected chi connectivity index (χ0v) is 23.9. The first-order valence-electron chi connectivity index (χ1n) is 14.5. The number of rotatable bonds is 2. The van der Waals surface area contributed by atoms with Crippen LogP contribution in [0.4, 0.5) is 17.1 Å². The van der Waals surface area contributed by atoms with Crippen molar-refractivity contribution in [1.29, 1.82) is 0 Å². The lowest BCUT2D eigenvalue weighted by Crippen LogP contribution is -2.56. The summed E-state index contributed by atoms with van der Waals surface area (Å²) in [5.41, 5.74) is 14.7. The number of anilines is 3. The molecule has 5 aromatic carbocycles. The van der Waals surface area contributed by atoms with Crippen molar-refractivity contribution in [2.24, 2.45) is 0 Å². The van der Waals surface area contributed by atoms with Gasteiger partial charge in [-0.2, -0.15) is 0 Å². The maximum Gasteiger partial charge on any atom is 0.333 e. The largest absolute Gasteiger partial charge is 0.375 e. The fourth-order valence-corrected chi connectivity index (χ4v) is 7.06. The summed E-state index contributed by atoms with van der Waals surface area (Å²) in [7, 11) is 0. The summed E-state index contributed by atoms with van der Waals surface area (Å²) in [6.45, 7) is 11.7. The van der Waals surface area contributed by atoms with Crippen LogP contribution in [0.5, 0.6) is 0 Å². The van der Waals surface area contributed by atoms with Gasteiger partial charge in [0.15, 0.2) is 0 Å². The van der Waals surface area contributed by atoms with Crippen molar-refractivity contribution in [2.45, 2.75) is 46.0 Å². The number of hydrogen-bond acceptors (Lipinski definition) is 1. The molecule has 2 aliphatic rings. The molecule has 0 saturated carbocycles. The third-order valence-corrected chi connectivity index (χ3v) is 9.07. The van der Waals surface area contributed by atoms with Crippen molar-refractivity contribution in [3.8, 4) is 11.1 Å². The standard InChI is InChI=1S/C37H33BN2/c1-23(2)24-19-29-27-15-9-11-17-32(27)40-36(29)30(20-24)28-21-25(37(3,4)5)22-34-35(28)38(40)31-16-10-12-18-33(31)39(34)26-13-7-6-8-14-26/h6-23H,1-5H3. The van der Waals surface area contributed by atoms with Gasteiger partial charge in [-0.05, 0) is 81.4 Å². The Kier molecular flexibility index (Phi) is 4.81. The van der Waals surface area contributed by atoms with Crippen molar-refractivity contribution < 1.29 is 0 Å². The van der Waals surface area contributed by atoms with Crippen LogP contribution in [0.15, 0.2) is 103 Å². The highest BCUT2D eigenvalue weighted by Gasteiger charge is 2.43. The lowest BCUT2D eigenvalue weighted by atomic mass is 9.45. The van der Waals surface area contributed by atoms with Gasteiger partial charge < -0.3 is 9.38 Å². The van der Waals surface area contributed by atoms with Gasteiger partial charge in [0.2, 0.25) is 0 Å². The third kappa shape index (κ3) is 3.12. The molecule has 40 heavy (non-hydrogen) atoms. The van der Waals surface area contributed by atoms with Crippen molar-refractivity contribution in [3.05, 3.63) is 114 Å². The van der Waals surface area contributed by atoms with Crippen LogP contribution in [-0.4, -0.2) is 11.3 Å². The summed E-state index contributed by atoms with van der Waals surface area (Å²) >= 11 is 0. The Morgan fingerprint density at radius 3 is 2.17 bits per heavy atom. The number of fused-ring (bicyclic) bond motifs is 7. The molecule has 194 valence electrons. The van der Waals surface area contributed by atoms with Crippen LogP contribution >= 0.6 is 0 Å². The van der Waals surface area contributed by atoms with E-state index in [0.29, 0.717) is 5.92 Å². The van der Waals surface area contributed by atoms with Gasteiger partial charge >= 0.3 is 6.85 Å². The maximum atomic E-state index is 2.65. The summed E-state index contributed by atoms with van der Waals surface area (Å²) in [6, 6.07) is 38.8. The molecule has 0 spiro atoms. The van der Waals surface area contributed by atoms with Crippen molar-refractivity contribution >= 4 is 56.6 Å². The molecule has 1 aromatic heterocycles. The predicted molar refractivity (Wildman–Crippen MR) is 173 cm³/mol. The Hall–Kier alpha value is -4.24. The average molecular weight is 516 g/mol. The van der Waals surface area contributed by atoms with Crippen molar-refractivity contribution in [1.82, 2.24) is 4.48 Å². The lowest BCUT2D eigenvalue weighted by Gasteiger charge is -2.41. The second kappa shape index (κ2) is 8.14. The summed E-state index contributed by atoms with van der Waals surface area (Å²) in [4.78, 5) is 2.50. The highest BCUT2D eigenvalue weighted by Crippen LogP contribution is 2.47. The Morgan fingerprint density at radius 2 is 1.40 bits per heavy atom. The summed E-state index contributed by atoms with van der Waals surface area (Å²) < 4.78 is 2.65. The highest BCUT2D eigenvalue weighted by atomic mass is 15.2. The first-order chi connectivity index (χ1) is 19.3. The van der Waals surface area contributed by atoms with Crippen LogP contribution in [0.1, 0.15) is 51.7 Å². The normalized spacial score (nSPS) is 13.8. The Balaban J connectivity index is 1.60. The highest BCUT2D eigenvalue weighted by molar-refractivity contribution is 6.90. The molecule has 2 nitrogen and oxygen atoms in total. The first kappa shape index (κ1) is 23.6. The van der Waals surface area contributed by atoms with Gasteiger partial charge in [-0.15, -0.1) is 0 Å². The smallest absolute Gasteiger partial charge is 0.333 e. The molecule has 0 aliphatic carbocycles. The average Bonchev–Trinajstić information content (AvgIpc) is 3.29. The number of nitrogens with zero attached hydrogens (tertiary/aromatic N) is 2. The van der Waals surface area contributed by atoms with Gasteiger partial charge in [-0.1, -0.05) is 95.3 Å². The van der Waals surface area contributed by atoms with Gasteiger partial charge in [0.25, 0.3) is 0 Å². The Bertz CT molecular complexity index is 1970. The van der Waals surface area contributed by atoms with Crippen LogP contribution in [-0.2, 0) is 5.41 Å². The van der Waals surface area contributed by atoms with Crippen LogP contribution in [0.25, 0.3) is 32.9 Å². The fourth-order valence-electron chi connectivity index (χ4n) is 7.06. The van der Waals surface area contributed by atoms with E-state index in [-0.39, 0.29) is 12.3 Å². The molecule has 3 heterocycles. The molecule has 0 unspecified atom stereocenters. The Morgan fingerprint density at radius 1 is 0.675 bits per heavy atom. The van der Waals surface area contributed by atoms with Gasteiger partial charge in [-0.25, -0.2) is 0 Å². The molecule has 8 rings (SSSR count). The van der Waals surface area contributed by atoms with E-state index in [1.54, 1.807) is 0 Å². The van der Waals surface area contributed by atoms with E-state index >= 15 is 0 Å². The molecule has 0 amide bonds. The first-order valence-corrected chi connectivity index (χ1v) is 14.5. The molecule has 0 saturated heterocycles. The molecular weight excluding hydrogens is 483 g/mol. The van der Waals surface area contributed by atoms with E-state index in [1.807, 2.05) is 0 Å². The van der Waals surface area contributed by atoms with Gasteiger partial charge in [0, 0.05) is 44.4 Å². The topological polar surface area (TPSA) is 8.17 Å². The quantitative estimate of drug-likeness (QED) is 0.209. The maximum absolute atomic E-state index is 2.65. The number of aromatic nitrogens is 1. The lowest BCUT2D eigenvalue weighted by molar-refractivity contribution is 0.590. The fraction of sp³-hybridized carbons (Fsp3) is 0.189. The zero-order valence-electron chi connectivity index (χ0n) is 23.9. The minimum absolute atomic E-state index is 0.0132. The van der Waals surface area contributed by atoms with Crippen LogP contribution < -0.4 is 15.8 Å². The monoisotopic (exact) mass is 516 g/mol. The Labute approximate surface area is 237 Å². The molecule has 2 aliphatic heterocycles. The number of para-hydroxylation sites is 3. The summed E-state index contributed by atoms with van der Waals surface area (Å²) in [5.74, 6) is 0.448. The number of hydrogen-bond donors (Lipinski definition) is 0. The molecule has 3 heteroatoms. The molecule has 6 aromatic rings. The van der Waals surface area contributed by atoms with Crippen molar-refractivity contribution in [2.75, 3.05) is 4.90 Å². The molecular formula is C37H33BN2. The van der Waals surface area contributed by atoms with Crippen molar-refractivity contribution in [3.63, 3.8) is 0 Å². The van der Waals surface area contributed by atoms with E-state index in [0.717, 1.165) is 0 Å². The van der Waals surface area contributed by atoms with E-state index in [4.69, 9.17) is 0 Å².